The lowest BCUT2D eigenvalue weighted by molar-refractivity contribution is -0.122. The second kappa shape index (κ2) is 6.56. The lowest BCUT2D eigenvalue weighted by Gasteiger charge is -2.35. The fourth-order valence-electron chi connectivity index (χ4n) is 2.23. The fraction of sp³-hybridized carbons (Fsp3) is 0.818. The molecule has 1 aliphatic heterocycles. The Morgan fingerprint density at radius 1 is 1.41 bits per heavy atom. The molecule has 1 heterocycles. The van der Waals surface area contributed by atoms with Gasteiger partial charge in [-0.2, -0.15) is 0 Å². The van der Waals surface area contributed by atoms with Crippen molar-refractivity contribution in [2.75, 3.05) is 13.1 Å². The SMILES string of the molecule is CC(=O)NC1CCN(C(C)CC(=O)NN)CC1. The Hall–Kier alpha value is -1.14. The van der Waals surface area contributed by atoms with Crippen LogP contribution >= 0.6 is 0 Å². The minimum absolute atomic E-state index is 0.0269. The summed E-state index contributed by atoms with van der Waals surface area (Å²) in [7, 11) is 0. The van der Waals surface area contributed by atoms with Crippen LogP contribution in [-0.2, 0) is 9.59 Å². The summed E-state index contributed by atoms with van der Waals surface area (Å²) < 4.78 is 0. The van der Waals surface area contributed by atoms with Gasteiger partial charge in [0.2, 0.25) is 11.8 Å². The third-order valence-corrected chi connectivity index (χ3v) is 3.20. The van der Waals surface area contributed by atoms with E-state index in [1.807, 2.05) is 6.92 Å². The second-order valence-corrected chi connectivity index (χ2v) is 4.63. The molecule has 0 aromatic heterocycles. The van der Waals surface area contributed by atoms with Crippen molar-refractivity contribution in [3.05, 3.63) is 0 Å². The van der Waals surface area contributed by atoms with Gasteiger partial charge in [0.25, 0.3) is 0 Å². The molecule has 6 heteroatoms. The molecule has 0 spiro atoms. The van der Waals surface area contributed by atoms with Crippen molar-refractivity contribution in [3.63, 3.8) is 0 Å². The summed E-state index contributed by atoms with van der Waals surface area (Å²) in [6.07, 6.45) is 2.30. The number of rotatable bonds is 4. The average molecular weight is 242 g/mol. The van der Waals surface area contributed by atoms with Crippen LogP contribution in [0.15, 0.2) is 0 Å². The van der Waals surface area contributed by atoms with Gasteiger partial charge < -0.3 is 5.32 Å². The third kappa shape index (κ3) is 4.70. The molecule has 98 valence electrons. The first-order chi connectivity index (χ1) is 8.02. The number of carbonyl (C=O) groups is 2. The smallest absolute Gasteiger partial charge is 0.235 e. The maximum Gasteiger partial charge on any atom is 0.235 e. The molecule has 17 heavy (non-hydrogen) atoms. The summed E-state index contributed by atoms with van der Waals surface area (Å²) in [4.78, 5) is 24.3. The van der Waals surface area contributed by atoms with Crippen molar-refractivity contribution in [3.8, 4) is 0 Å². The molecule has 6 nitrogen and oxygen atoms in total. The van der Waals surface area contributed by atoms with Crippen molar-refractivity contribution in [1.29, 1.82) is 0 Å². The highest BCUT2D eigenvalue weighted by molar-refractivity contribution is 5.75. The highest BCUT2D eigenvalue weighted by atomic mass is 16.2. The van der Waals surface area contributed by atoms with E-state index in [-0.39, 0.29) is 23.9 Å². The molecule has 0 aromatic carbocycles. The number of carbonyl (C=O) groups excluding carboxylic acids is 2. The number of likely N-dealkylation sites (tertiary alicyclic amines) is 1. The molecule has 1 fully saturated rings. The first-order valence-corrected chi connectivity index (χ1v) is 6.03. The Morgan fingerprint density at radius 3 is 2.47 bits per heavy atom. The van der Waals surface area contributed by atoms with Crippen LogP contribution in [0.4, 0.5) is 0 Å². The number of amides is 2. The molecule has 0 aromatic rings. The number of hydrogen-bond donors (Lipinski definition) is 3. The zero-order chi connectivity index (χ0) is 12.8. The molecule has 0 radical (unpaired) electrons. The minimum atomic E-state index is -0.138. The molecule has 1 aliphatic rings. The number of hydrazine groups is 1. The van der Waals surface area contributed by atoms with Crippen LogP contribution in [0.1, 0.15) is 33.1 Å². The predicted octanol–water partition coefficient (Wildman–Crippen LogP) is -0.645. The van der Waals surface area contributed by atoms with Crippen LogP contribution < -0.4 is 16.6 Å². The lowest BCUT2D eigenvalue weighted by Crippen LogP contribution is -2.48. The van der Waals surface area contributed by atoms with Crippen LogP contribution in [0.2, 0.25) is 0 Å². The Balaban J connectivity index is 2.30. The number of nitrogens with zero attached hydrogens (tertiary/aromatic N) is 1. The Labute approximate surface area is 102 Å². The van der Waals surface area contributed by atoms with Crippen LogP contribution in [-0.4, -0.2) is 41.9 Å². The fourth-order valence-corrected chi connectivity index (χ4v) is 2.23. The van der Waals surface area contributed by atoms with Gasteiger partial charge in [0, 0.05) is 38.5 Å². The standard InChI is InChI=1S/C11H22N4O2/c1-8(7-11(17)14-12)15-5-3-10(4-6-15)13-9(2)16/h8,10H,3-7,12H2,1-2H3,(H,13,16)(H,14,17). The van der Waals surface area contributed by atoms with Gasteiger partial charge in [0.15, 0.2) is 0 Å². The Morgan fingerprint density at radius 2 is 2.00 bits per heavy atom. The number of nitrogens with one attached hydrogen (secondary N) is 2. The van der Waals surface area contributed by atoms with E-state index in [1.165, 1.54) is 0 Å². The summed E-state index contributed by atoms with van der Waals surface area (Å²) in [5, 5.41) is 2.93. The largest absolute Gasteiger partial charge is 0.354 e. The van der Waals surface area contributed by atoms with Gasteiger partial charge in [-0.1, -0.05) is 0 Å². The highest BCUT2D eigenvalue weighted by Gasteiger charge is 2.24. The topological polar surface area (TPSA) is 87.5 Å². The van der Waals surface area contributed by atoms with E-state index >= 15 is 0 Å². The van der Waals surface area contributed by atoms with E-state index in [2.05, 4.69) is 15.6 Å². The quantitative estimate of drug-likeness (QED) is 0.347. The zero-order valence-electron chi connectivity index (χ0n) is 10.5. The molecule has 1 unspecified atom stereocenters. The summed E-state index contributed by atoms with van der Waals surface area (Å²) in [6.45, 7) is 5.38. The lowest BCUT2D eigenvalue weighted by atomic mass is 10.0. The number of nitrogens with two attached hydrogens (primary N) is 1. The van der Waals surface area contributed by atoms with Gasteiger partial charge in [0.1, 0.15) is 0 Å². The molecular formula is C11H22N4O2. The first kappa shape index (κ1) is 13.9. The Kier molecular flexibility index (Phi) is 5.37. The van der Waals surface area contributed by atoms with Crippen LogP contribution in [0.3, 0.4) is 0 Å². The monoisotopic (exact) mass is 242 g/mol. The van der Waals surface area contributed by atoms with Crippen LogP contribution in [0, 0.1) is 0 Å². The molecule has 4 N–H and O–H groups in total. The second-order valence-electron chi connectivity index (χ2n) is 4.63. The van der Waals surface area contributed by atoms with Gasteiger partial charge >= 0.3 is 0 Å². The van der Waals surface area contributed by atoms with E-state index < -0.39 is 0 Å². The van der Waals surface area contributed by atoms with E-state index in [4.69, 9.17) is 5.84 Å². The normalized spacial score (nSPS) is 19.7. The third-order valence-electron chi connectivity index (χ3n) is 3.20. The number of hydrogen-bond acceptors (Lipinski definition) is 4. The van der Waals surface area contributed by atoms with Crippen molar-refractivity contribution in [2.24, 2.45) is 5.84 Å². The minimum Gasteiger partial charge on any atom is -0.354 e. The zero-order valence-corrected chi connectivity index (χ0v) is 10.5. The van der Waals surface area contributed by atoms with E-state index in [1.54, 1.807) is 6.92 Å². The van der Waals surface area contributed by atoms with E-state index in [0.29, 0.717) is 6.42 Å². The van der Waals surface area contributed by atoms with Crippen LogP contribution in [0.25, 0.3) is 0 Å². The Bertz CT molecular complexity index is 275. The van der Waals surface area contributed by atoms with Crippen molar-refractivity contribution < 1.29 is 9.59 Å². The molecule has 1 saturated heterocycles. The van der Waals surface area contributed by atoms with Crippen molar-refractivity contribution in [1.82, 2.24) is 15.6 Å². The number of piperidine rings is 1. The molecule has 0 aliphatic carbocycles. The average Bonchev–Trinajstić information content (AvgIpc) is 2.28. The molecule has 1 rings (SSSR count). The van der Waals surface area contributed by atoms with Crippen molar-refractivity contribution in [2.45, 2.75) is 45.2 Å². The highest BCUT2D eigenvalue weighted by Crippen LogP contribution is 2.14. The summed E-state index contributed by atoms with van der Waals surface area (Å²) in [5.74, 6) is 4.95. The van der Waals surface area contributed by atoms with Gasteiger partial charge in [-0.15, -0.1) is 0 Å². The first-order valence-electron chi connectivity index (χ1n) is 6.03. The van der Waals surface area contributed by atoms with Crippen molar-refractivity contribution >= 4 is 11.8 Å². The summed E-state index contributed by atoms with van der Waals surface area (Å²) in [6, 6.07) is 0.469. The molecular weight excluding hydrogens is 220 g/mol. The van der Waals surface area contributed by atoms with Gasteiger partial charge in [-0.25, -0.2) is 5.84 Å². The van der Waals surface area contributed by atoms with Gasteiger partial charge in [0.05, 0.1) is 0 Å². The summed E-state index contributed by atoms with van der Waals surface area (Å²) in [5.41, 5.74) is 2.15. The van der Waals surface area contributed by atoms with E-state index in [9.17, 15) is 9.59 Å². The maximum atomic E-state index is 11.2. The summed E-state index contributed by atoms with van der Waals surface area (Å²) >= 11 is 0. The predicted molar refractivity (Wildman–Crippen MR) is 64.8 cm³/mol. The molecule has 2 amide bonds. The van der Waals surface area contributed by atoms with Gasteiger partial charge in [-0.3, -0.25) is 19.9 Å². The van der Waals surface area contributed by atoms with E-state index in [0.717, 1.165) is 25.9 Å². The molecule has 1 atom stereocenters. The molecule has 0 bridgehead atoms. The maximum absolute atomic E-state index is 11.2. The van der Waals surface area contributed by atoms with Gasteiger partial charge in [-0.05, 0) is 19.8 Å². The van der Waals surface area contributed by atoms with Crippen LogP contribution in [0.5, 0.6) is 0 Å². The molecule has 0 saturated carbocycles.